The van der Waals surface area contributed by atoms with Crippen LogP contribution in [0.5, 0.6) is 5.75 Å². The summed E-state index contributed by atoms with van der Waals surface area (Å²) in [5.41, 5.74) is 5.15. The van der Waals surface area contributed by atoms with Crippen LogP contribution >= 0.6 is 0 Å². The Labute approximate surface area is 279 Å². The number of nitrogens with zero attached hydrogens (tertiary/aromatic N) is 3. The van der Waals surface area contributed by atoms with Crippen molar-refractivity contribution in [2.75, 3.05) is 31.6 Å². The summed E-state index contributed by atoms with van der Waals surface area (Å²) in [5.74, 6) is 1.09. The number of ether oxygens (including phenoxy) is 4. The maximum absolute atomic E-state index is 12.9. The number of aromatic nitrogens is 1. The fourth-order valence-electron chi connectivity index (χ4n) is 6.14. The zero-order chi connectivity index (χ0) is 33.9. The highest BCUT2D eigenvalue weighted by Crippen LogP contribution is 2.35. The molecule has 0 bridgehead atoms. The second-order valence-electron chi connectivity index (χ2n) is 14.5. The Morgan fingerprint density at radius 1 is 0.915 bits per heavy atom. The van der Waals surface area contributed by atoms with Crippen molar-refractivity contribution < 1.29 is 28.5 Å². The molecule has 0 N–H and O–H groups in total. The third-order valence-electron chi connectivity index (χ3n) is 8.44. The van der Waals surface area contributed by atoms with Crippen LogP contribution in [0.15, 0.2) is 54.6 Å². The first-order valence-electron chi connectivity index (χ1n) is 16.5. The molecule has 0 aliphatic carbocycles. The van der Waals surface area contributed by atoms with Crippen LogP contribution in [-0.4, -0.2) is 66.0 Å². The SMILES string of the molecule is COC1CN(c2cccc(-c3cccc(C)c3OCc3ccc4c(c3)CCN(C(=O)OC(C)(C)C)C4)n2)CC[C@H]1C(=O)OC(C)(C)C. The molecule has 9 heteroatoms. The van der Waals surface area contributed by atoms with Crippen molar-refractivity contribution in [2.45, 2.75) is 91.8 Å². The molecule has 2 atom stereocenters. The van der Waals surface area contributed by atoms with Gasteiger partial charge in [0, 0.05) is 38.9 Å². The van der Waals surface area contributed by atoms with Crippen molar-refractivity contribution in [1.82, 2.24) is 9.88 Å². The molecule has 2 aliphatic rings. The highest BCUT2D eigenvalue weighted by atomic mass is 16.6. The van der Waals surface area contributed by atoms with Crippen molar-refractivity contribution in [3.8, 4) is 17.0 Å². The Morgan fingerprint density at radius 3 is 2.38 bits per heavy atom. The summed E-state index contributed by atoms with van der Waals surface area (Å²) in [7, 11) is 1.65. The lowest BCUT2D eigenvalue weighted by Crippen LogP contribution is -2.49. The molecule has 9 nitrogen and oxygen atoms in total. The number of amides is 1. The number of rotatable bonds is 7. The first-order valence-corrected chi connectivity index (χ1v) is 16.5. The van der Waals surface area contributed by atoms with E-state index in [0.717, 1.165) is 45.9 Å². The van der Waals surface area contributed by atoms with E-state index in [1.54, 1.807) is 12.0 Å². The zero-order valence-electron chi connectivity index (χ0n) is 29.1. The number of piperidine rings is 1. The summed E-state index contributed by atoms with van der Waals surface area (Å²) in [5, 5.41) is 0. The second kappa shape index (κ2) is 13.9. The molecule has 252 valence electrons. The summed E-state index contributed by atoms with van der Waals surface area (Å²) in [4.78, 5) is 34.5. The normalized spacial score (nSPS) is 18.4. The van der Waals surface area contributed by atoms with Crippen molar-refractivity contribution >= 4 is 17.9 Å². The lowest BCUT2D eigenvalue weighted by Gasteiger charge is -2.38. The van der Waals surface area contributed by atoms with E-state index in [0.29, 0.717) is 39.2 Å². The average molecular weight is 644 g/mol. The molecule has 1 amide bonds. The van der Waals surface area contributed by atoms with Crippen LogP contribution < -0.4 is 9.64 Å². The lowest BCUT2D eigenvalue weighted by molar-refractivity contribution is -0.165. The lowest BCUT2D eigenvalue weighted by atomic mass is 9.93. The highest BCUT2D eigenvalue weighted by Gasteiger charge is 2.37. The van der Waals surface area contributed by atoms with Gasteiger partial charge >= 0.3 is 12.1 Å². The standard InChI is InChI=1S/C38H49N3O6/c1-25-11-9-12-29(31-13-10-14-33(39-31)40-20-18-30(32(23-40)44-8)35(42)46-37(2,3)4)34(25)45-24-26-15-16-28-22-41(19-17-27(28)21-26)36(43)47-38(5,6)7/h9-16,21,30,32H,17-20,22-24H2,1-8H3/t30-,32?/m1/s1. The van der Waals surface area contributed by atoms with E-state index in [2.05, 4.69) is 23.1 Å². The van der Waals surface area contributed by atoms with E-state index in [9.17, 15) is 9.59 Å². The number of hydrogen-bond acceptors (Lipinski definition) is 8. The first kappa shape index (κ1) is 34.2. The summed E-state index contributed by atoms with van der Waals surface area (Å²) in [6.45, 7) is 16.2. The maximum Gasteiger partial charge on any atom is 0.410 e. The van der Waals surface area contributed by atoms with Gasteiger partial charge in [-0.15, -0.1) is 0 Å². The van der Waals surface area contributed by atoms with E-state index >= 15 is 0 Å². The minimum absolute atomic E-state index is 0.214. The van der Waals surface area contributed by atoms with E-state index in [4.69, 9.17) is 23.9 Å². The number of aryl methyl sites for hydroxylation is 1. The zero-order valence-corrected chi connectivity index (χ0v) is 29.1. The molecule has 2 aromatic carbocycles. The Bertz CT molecular complexity index is 1590. The molecule has 3 aromatic rings. The molecule has 47 heavy (non-hydrogen) atoms. The van der Waals surface area contributed by atoms with Crippen LogP contribution in [0, 0.1) is 12.8 Å². The monoisotopic (exact) mass is 643 g/mol. The van der Waals surface area contributed by atoms with Crippen molar-refractivity contribution in [1.29, 1.82) is 0 Å². The molecular weight excluding hydrogens is 594 g/mol. The molecule has 5 rings (SSSR count). The second-order valence-corrected chi connectivity index (χ2v) is 14.5. The van der Waals surface area contributed by atoms with Gasteiger partial charge in [-0.1, -0.05) is 36.4 Å². The minimum atomic E-state index is -0.541. The fourth-order valence-corrected chi connectivity index (χ4v) is 6.14. The Balaban J connectivity index is 1.28. The molecule has 1 aromatic heterocycles. The molecule has 0 radical (unpaired) electrons. The molecule has 1 saturated heterocycles. The number of carbonyl (C=O) groups excluding carboxylic acids is 2. The Hall–Kier alpha value is -4.11. The molecule has 1 unspecified atom stereocenters. The Morgan fingerprint density at radius 2 is 1.66 bits per heavy atom. The fraction of sp³-hybridized carbons (Fsp3) is 0.500. The summed E-state index contributed by atoms with van der Waals surface area (Å²) in [6, 6.07) is 18.5. The average Bonchev–Trinajstić information content (AvgIpc) is 3.01. The first-order chi connectivity index (χ1) is 22.2. The number of benzene rings is 2. The number of carbonyl (C=O) groups is 2. The quantitative estimate of drug-likeness (QED) is 0.252. The third-order valence-corrected chi connectivity index (χ3v) is 8.44. The van der Waals surface area contributed by atoms with Gasteiger partial charge in [0.15, 0.2) is 0 Å². The van der Waals surface area contributed by atoms with Crippen molar-refractivity contribution in [2.24, 2.45) is 5.92 Å². The molecule has 2 aliphatic heterocycles. The summed E-state index contributed by atoms with van der Waals surface area (Å²) >= 11 is 0. The van der Waals surface area contributed by atoms with Crippen LogP contribution in [0.3, 0.4) is 0 Å². The third kappa shape index (κ3) is 8.63. The molecule has 0 saturated carbocycles. The predicted octanol–water partition coefficient (Wildman–Crippen LogP) is 7.11. The van der Waals surface area contributed by atoms with E-state index < -0.39 is 11.2 Å². The van der Waals surface area contributed by atoms with Crippen molar-refractivity contribution in [3.63, 3.8) is 0 Å². The van der Waals surface area contributed by atoms with Crippen LogP contribution in [0.2, 0.25) is 0 Å². The smallest absolute Gasteiger partial charge is 0.410 e. The van der Waals surface area contributed by atoms with Crippen LogP contribution in [0.25, 0.3) is 11.3 Å². The Kier molecular flexibility index (Phi) is 10.2. The van der Waals surface area contributed by atoms with Crippen LogP contribution in [0.4, 0.5) is 10.6 Å². The maximum atomic E-state index is 12.9. The highest BCUT2D eigenvalue weighted by molar-refractivity contribution is 5.74. The van der Waals surface area contributed by atoms with E-state index in [1.807, 2.05) is 84.9 Å². The number of para-hydroxylation sites is 1. The minimum Gasteiger partial charge on any atom is -0.488 e. The number of esters is 1. The number of hydrogen-bond donors (Lipinski definition) is 0. The van der Waals surface area contributed by atoms with Gasteiger partial charge in [0.25, 0.3) is 0 Å². The molecular formula is C38H49N3O6. The van der Waals surface area contributed by atoms with Crippen LogP contribution in [0.1, 0.15) is 70.2 Å². The summed E-state index contributed by atoms with van der Waals surface area (Å²) < 4.78 is 23.5. The predicted molar refractivity (Wildman–Crippen MR) is 182 cm³/mol. The van der Waals surface area contributed by atoms with Gasteiger partial charge in [-0.05, 0) is 102 Å². The number of fused-ring (bicyclic) bond motifs is 1. The summed E-state index contributed by atoms with van der Waals surface area (Å²) in [6.07, 6.45) is 0.828. The van der Waals surface area contributed by atoms with Gasteiger partial charge in [0.05, 0.1) is 17.7 Å². The van der Waals surface area contributed by atoms with Gasteiger partial charge in [0.1, 0.15) is 29.4 Å². The molecule has 1 fully saturated rings. The number of methoxy groups -OCH3 is 1. The topological polar surface area (TPSA) is 90.4 Å². The van der Waals surface area contributed by atoms with Gasteiger partial charge in [-0.2, -0.15) is 0 Å². The van der Waals surface area contributed by atoms with Crippen molar-refractivity contribution in [3.05, 3.63) is 76.9 Å². The van der Waals surface area contributed by atoms with Gasteiger partial charge in [-0.3, -0.25) is 4.79 Å². The number of anilines is 1. The number of pyridine rings is 1. The van der Waals surface area contributed by atoms with Crippen LogP contribution in [-0.2, 0) is 38.6 Å². The van der Waals surface area contributed by atoms with E-state index in [-0.39, 0.29) is 24.1 Å². The van der Waals surface area contributed by atoms with Gasteiger partial charge in [0.2, 0.25) is 0 Å². The largest absolute Gasteiger partial charge is 0.488 e. The molecule has 3 heterocycles. The van der Waals surface area contributed by atoms with Gasteiger partial charge in [-0.25, -0.2) is 9.78 Å². The van der Waals surface area contributed by atoms with E-state index in [1.165, 1.54) is 5.56 Å². The molecule has 0 spiro atoms. The van der Waals surface area contributed by atoms with Gasteiger partial charge < -0.3 is 28.7 Å².